The summed E-state index contributed by atoms with van der Waals surface area (Å²) in [6.45, 7) is 0. The molecule has 3 rings (SSSR count). The van der Waals surface area contributed by atoms with Crippen LogP contribution in [0.3, 0.4) is 0 Å². The second kappa shape index (κ2) is 2.26. The van der Waals surface area contributed by atoms with Crippen molar-refractivity contribution in [3.8, 4) is 0 Å². The lowest BCUT2D eigenvalue weighted by Crippen LogP contribution is -1.98. The van der Waals surface area contributed by atoms with Crippen LogP contribution in [0.4, 0.5) is 0 Å². The number of rotatable bonds is 0. The first-order valence-electron chi connectivity index (χ1n) is 4.12. The van der Waals surface area contributed by atoms with E-state index in [2.05, 4.69) is 27.0 Å². The SMILES string of the molecule is C1=CCC2C(=C1)Cc1nsnc12. The molecule has 0 amide bonds. The number of fused-ring (bicyclic) bond motifs is 3. The molecule has 1 atom stereocenters. The molecule has 2 aliphatic carbocycles. The zero-order valence-corrected chi connectivity index (χ0v) is 7.34. The van der Waals surface area contributed by atoms with Gasteiger partial charge in [-0.15, -0.1) is 0 Å². The Morgan fingerprint density at radius 3 is 3.42 bits per heavy atom. The van der Waals surface area contributed by atoms with E-state index in [1.165, 1.54) is 28.7 Å². The molecule has 60 valence electrons. The maximum Gasteiger partial charge on any atom is 0.0853 e. The van der Waals surface area contributed by atoms with Crippen LogP contribution in [0.5, 0.6) is 0 Å². The molecule has 0 aliphatic heterocycles. The molecule has 0 N–H and O–H groups in total. The van der Waals surface area contributed by atoms with Crippen LogP contribution in [0, 0.1) is 0 Å². The summed E-state index contributed by atoms with van der Waals surface area (Å²) < 4.78 is 8.62. The standard InChI is InChI=1S/C9H8N2S/c1-2-4-7-6(3-1)5-8-9(7)11-12-10-8/h1-3,7H,4-5H2. The van der Waals surface area contributed by atoms with Crippen molar-refractivity contribution in [3.63, 3.8) is 0 Å². The van der Waals surface area contributed by atoms with E-state index in [1.807, 2.05) is 0 Å². The number of aromatic nitrogens is 2. The average molecular weight is 176 g/mol. The van der Waals surface area contributed by atoms with Gasteiger partial charge in [0.05, 0.1) is 23.1 Å². The van der Waals surface area contributed by atoms with Gasteiger partial charge in [0.15, 0.2) is 0 Å². The highest BCUT2D eigenvalue weighted by Crippen LogP contribution is 2.40. The topological polar surface area (TPSA) is 25.8 Å². The molecule has 0 spiro atoms. The van der Waals surface area contributed by atoms with Gasteiger partial charge < -0.3 is 0 Å². The third-order valence-electron chi connectivity index (χ3n) is 2.55. The Balaban J connectivity index is 2.13. The Morgan fingerprint density at radius 1 is 1.42 bits per heavy atom. The van der Waals surface area contributed by atoms with E-state index in [4.69, 9.17) is 0 Å². The van der Waals surface area contributed by atoms with Gasteiger partial charge in [0.25, 0.3) is 0 Å². The first kappa shape index (κ1) is 6.54. The summed E-state index contributed by atoms with van der Waals surface area (Å²) in [4.78, 5) is 0. The maximum absolute atomic E-state index is 4.34. The molecule has 0 saturated heterocycles. The lowest BCUT2D eigenvalue weighted by Gasteiger charge is -2.11. The molecule has 3 heteroatoms. The molecule has 1 heterocycles. The summed E-state index contributed by atoms with van der Waals surface area (Å²) in [5.41, 5.74) is 3.94. The van der Waals surface area contributed by atoms with E-state index in [1.54, 1.807) is 0 Å². The maximum atomic E-state index is 4.34. The molecule has 0 saturated carbocycles. The number of hydrogen-bond acceptors (Lipinski definition) is 3. The predicted octanol–water partition coefficient (Wildman–Crippen LogP) is 2.06. The molecule has 0 fully saturated rings. The third kappa shape index (κ3) is 0.743. The summed E-state index contributed by atoms with van der Waals surface area (Å²) in [6.07, 6.45) is 8.71. The van der Waals surface area contributed by atoms with Crippen LogP contribution in [-0.4, -0.2) is 8.75 Å². The Hall–Kier alpha value is -0.960. The molecule has 2 aliphatic rings. The van der Waals surface area contributed by atoms with Crippen molar-refractivity contribution in [2.24, 2.45) is 0 Å². The molecule has 0 aromatic carbocycles. The van der Waals surface area contributed by atoms with Gasteiger partial charge in [-0.3, -0.25) is 0 Å². The minimum absolute atomic E-state index is 0.559. The number of hydrogen-bond donors (Lipinski definition) is 0. The summed E-state index contributed by atoms with van der Waals surface area (Å²) >= 11 is 1.35. The van der Waals surface area contributed by atoms with Crippen LogP contribution in [-0.2, 0) is 6.42 Å². The largest absolute Gasteiger partial charge is 0.177 e. The van der Waals surface area contributed by atoms with Gasteiger partial charge in [0.2, 0.25) is 0 Å². The smallest absolute Gasteiger partial charge is 0.0853 e. The third-order valence-corrected chi connectivity index (χ3v) is 3.13. The number of nitrogens with zero attached hydrogens (tertiary/aromatic N) is 2. The van der Waals surface area contributed by atoms with Crippen LogP contribution in [0.2, 0.25) is 0 Å². The summed E-state index contributed by atoms with van der Waals surface area (Å²) in [6, 6.07) is 0. The van der Waals surface area contributed by atoms with Crippen molar-refractivity contribution in [2.75, 3.05) is 0 Å². The van der Waals surface area contributed by atoms with Crippen LogP contribution in [0.1, 0.15) is 23.7 Å². The van der Waals surface area contributed by atoms with E-state index < -0.39 is 0 Å². The molecular formula is C9H8N2S. The molecule has 1 aromatic heterocycles. The van der Waals surface area contributed by atoms with Gasteiger partial charge in [0, 0.05) is 12.3 Å². The van der Waals surface area contributed by atoms with E-state index in [9.17, 15) is 0 Å². The monoisotopic (exact) mass is 176 g/mol. The van der Waals surface area contributed by atoms with Crippen molar-refractivity contribution in [1.29, 1.82) is 0 Å². The van der Waals surface area contributed by atoms with Gasteiger partial charge in [-0.25, -0.2) is 0 Å². The quantitative estimate of drug-likeness (QED) is 0.604. The predicted molar refractivity (Wildman–Crippen MR) is 48.2 cm³/mol. The minimum Gasteiger partial charge on any atom is -0.177 e. The second-order valence-electron chi connectivity index (χ2n) is 3.23. The summed E-state index contributed by atoms with van der Waals surface area (Å²) in [7, 11) is 0. The van der Waals surface area contributed by atoms with Gasteiger partial charge >= 0.3 is 0 Å². The summed E-state index contributed by atoms with van der Waals surface area (Å²) in [5, 5.41) is 0. The van der Waals surface area contributed by atoms with Gasteiger partial charge in [0.1, 0.15) is 0 Å². The molecule has 2 nitrogen and oxygen atoms in total. The minimum atomic E-state index is 0.559. The Bertz CT molecular complexity index is 376. The molecule has 12 heavy (non-hydrogen) atoms. The van der Waals surface area contributed by atoms with Crippen LogP contribution in [0.15, 0.2) is 23.8 Å². The highest BCUT2D eigenvalue weighted by Gasteiger charge is 2.30. The van der Waals surface area contributed by atoms with Gasteiger partial charge in [-0.1, -0.05) is 23.8 Å². The Kier molecular flexibility index (Phi) is 1.23. The fourth-order valence-corrected chi connectivity index (χ4v) is 2.56. The zero-order chi connectivity index (χ0) is 7.97. The molecule has 0 bridgehead atoms. The van der Waals surface area contributed by atoms with E-state index in [0.29, 0.717) is 5.92 Å². The van der Waals surface area contributed by atoms with Crippen LogP contribution in [0.25, 0.3) is 0 Å². The van der Waals surface area contributed by atoms with Crippen molar-refractivity contribution in [3.05, 3.63) is 35.2 Å². The van der Waals surface area contributed by atoms with E-state index in [0.717, 1.165) is 12.8 Å². The first-order valence-corrected chi connectivity index (χ1v) is 4.85. The molecule has 1 aromatic rings. The van der Waals surface area contributed by atoms with Crippen molar-refractivity contribution in [1.82, 2.24) is 8.75 Å². The van der Waals surface area contributed by atoms with E-state index in [-0.39, 0.29) is 0 Å². The highest BCUT2D eigenvalue weighted by molar-refractivity contribution is 6.99. The summed E-state index contributed by atoms with van der Waals surface area (Å²) in [5.74, 6) is 0.559. The van der Waals surface area contributed by atoms with Crippen molar-refractivity contribution < 1.29 is 0 Å². The Labute approximate surface area is 75.0 Å². The van der Waals surface area contributed by atoms with Crippen LogP contribution < -0.4 is 0 Å². The normalized spacial score (nSPS) is 25.0. The fraction of sp³-hybridized carbons (Fsp3) is 0.333. The number of allylic oxidation sites excluding steroid dienone is 4. The lowest BCUT2D eigenvalue weighted by molar-refractivity contribution is 0.803. The molecular weight excluding hydrogens is 168 g/mol. The lowest BCUT2D eigenvalue weighted by atomic mass is 9.94. The van der Waals surface area contributed by atoms with E-state index >= 15 is 0 Å². The first-order chi connectivity index (χ1) is 5.95. The molecule has 0 radical (unpaired) electrons. The zero-order valence-electron chi connectivity index (χ0n) is 6.53. The van der Waals surface area contributed by atoms with Crippen LogP contribution >= 0.6 is 11.7 Å². The van der Waals surface area contributed by atoms with Crippen molar-refractivity contribution in [2.45, 2.75) is 18.8 Å². The average Bonchev–Trinajstić information content (AvgIpc) is 2.62. The Morgan fingerprint density at radius 2 is 2.42 bits per heavy atom. The highest BCUT2D eigenvalue weighted by atomic mass is 32.1. The van der Waals surface area contributed by atoms with Crippen molar-refractivity contribution >= 4 is 11.7 Å². The van der Waals surface area contributed by atoms with Gasteiger partial charge in [-0.2, -0.15) is 8.75 Å². The second-order valence-corrected chi connectivity index (χ2v) is 3.76. The fourth-order valence-electron chi connectivity index (χ4n) is 1.94. The molecule has 1 unspecified atom stereocenters. The van der Waals surface area contributed by atoms with Gasteiger partial charge in [-0.05, 0) is 6.42 Å².